The summed E-state index contributed by atoms with van der Waals surface area (Å²) in [5, 5.41) is 0.189. The molecule has 0 radical (unpaired) electrons. The number of hydrogen-bond donors (Lipinski definition) is 1. The lowest BCUT2D eigenvalue weighted by molar-refractivity contribution is 0.631. The Morgan fingerprint density at radius 3 is 2.71 bits per heavy atom. The van der Waals surface area contributed by atoms with Crippen molar-refractivity contribution in [2.24, 2.45) is 7.05 Å². The summed E-state index contributed by atoms with van der Waals surface area (Å²) < 4.78 is 15.0. The van der Waals surface area contributed by atoms with E-state index in [1.54, 1.807) is 12.1 Å². The van der Waals surface area contributed by atoms with Crippen molar-refractivity contribution in [3.05, 3.63) is 61.9 Å². The van der Waals surface area contributed by atoms with Crippen molar-refractivity contribution in [3.63, 3.8) is 0 Å². The molecule has 0 fully saturated rings. The zero-order chi connectivity index (χ0) is 15.1. The van der Waals surface area contributed by atoms with E-state index in [0.29, 0.717) is 5.52 Å². The maximum Gasteiger partial charge on any atom is 0.316 e. The first kappa shape index (κ1) is 13.5. The van der Waals surface area contributed by atoms with E-state index in [0.717, 1.165) is 4.57 Å². The molecule has 2 heterocycles. The largest absolute Gasteiger partial charge is 0.316 e. The first-order valence-electron chi connectivity index (χ1n) is 6.03. The van der Waals surface area contributed by atoms with Crippen molar-refractivity contribution in [2.45, 2.75) is 0 Å². The second-order valence-electron chi connectivity index (χ2n) is 4.48. The van der Waals surface area contributed by atoms with E-state index in [4.69, 9.17) is 11.6 Å². The van der Waals surface area contributed by atoms with E-state index < -0.39 is 16.9 Å². The van der Waals surface area contributed by atoms with E-state index in [1.165, 1.54) is 25.2 Å². The number of halogens is 2. The van der Waals surface area contributed by atoms with E-state index in [1.807, 2.05) is 0 Å². The summed E-state index contributed by atoms with van der Waals surface area (Å²) in [6, 6.07) is 7.52. The van der Waals surface area contributed by atoms with Crippen LogP contribution in [0, 0.1) is 5.82 Å². The Bertz CT molecular complexity index is 978. The average molecular weight is 306 g/mol. The molecule has 0 aliphatic heterocycles. The van der Waals surface area contributed by atoms with E-state index in [-0.39, 0.29) is 21.9 Å². The van der Waals surface area contributed by atoms with Gasteiger partial charge in [0, 0.05) is 12.6 Å². The number of nitrogens with zero attached hydrogens (tertiary/aromatic N) is 2. The van der Waals surface area contributed by atoms with Gasteiger partial charge >= 0.3 is 11.1 Å². The molecule has 0 unspecified atom stereocenters. The van der Waals surface area contributed by atoms with Crippen molar-refractivity contribution < 1.29 is 4.39 Å². The van der Waals surface area contributed by atoms with Gasteiger partial charge in [-0.2, -0.15) is 0 Å². The van der Waals surface area contributed by atoms with Gasteiger partial charge in [-0.15, -0.1) is 0 Å². The molecule has 106 valence electrons. The number of pyridine rings is 1. The molecule has 3 aromatic rings. The Balaban J connectivity index is 2.40. The van der Waals surface area contributed by atoms with E-state index in [9.17, 15) is 14.0 Å². The SMILES string of the molecule is Cn1c(=O)c(=O)[nH]c2nc(-c3ccccc3F)c(Cl)cc21. The van der Waals surface area contributed by atoms with Gasteiger partial charge in [-0.3, -0.25) is 9.59 Å². The Morgan fingerprint density at radius 2 is 2.00 bits per heavy atom. The normalized spacial score (nSPS) is 11.0. The third-order valence-electron chi connectivity index (χ3n) is 3.18. The number of benzene rings is 1. The third kappa shape index (κ3) is 2.13. The smallest absolute Gasteiger partial charge is 0.304 e. The van der Waals surface area contributed by atoms with Gasteiger partial charge in [0.2, 0.25) is 0 Å². The fourth-order valence-electron chi connectivity index (χ4n) is 2.09. The van der Waals surface area contributed by atoms with Gasteiger partial charge in [-0.05, 0) is 18.2 Å². The number of hydrogen-bond acceptors (Lipinski definition) is 3. The molecule has 0 saturated carbocycles. The molecule has 0 aliphatic rings. The second kappa shape index (κ2) is 4.82. The highest BCUT2D eigenvalue weighted by Gasteiger charge is 2.14. The zero-order valence-corrected chi connectivity index (χ0v) is 11.6. The number of aromatic nitrogens is 3. The van der Waals surface area contributed by atoms with Crippen molar-refractivity contribution in [1.82, 2.24) is 14.5 Å². The van der Waals surface area contributed by atoms with Gasteiger partial charge < -0.3 is 9.55 Å². The Labute approximate surface area is 122 Å². The van der Waals surface area contributed by atoms with Crippen LogP contribution in [0.5, 0.6) is 0 Å². The topological polar surface area (TPSA) is 67.8 Å². The first-order chi connectivity index (χ1) is 9.99. The Morgan fingerprint density at radius 1 is 1.29 bits per heavy atom. The zero-order valence-electron chi connectivity index (χ0n) is 10.9. The van der Waals surface area contributed by atoms with Gasteiger partial charge in [-0.25, -0.2) is 9.37 Å². The molecule has 1 aromatic carbocycles. The van der Waals surface area contributed by atoms with E-state index in [2.05, 4.69) is 9.97 Å². The van der Waals surface area contributed by atoms with Crippen LogP contribution in [0.3, 0.4) is 0 Å². The van der Waals surface area contributed by atoms with Gasteiger partial charge in [0.05, 0.1) is 16.2 Å². The third-order valence-corrected chi connectivity index (χ3v) is 3.47. The van der Waals surface area contributed by atoms with Crippen LogP contribution in [0.25, 0.3) is 22.4 Å². The summed E-state index contributed by atoms with van der Waals surface area (Å²) in [5.74, 6) is -0.474. The molecule has 3 rings (SSSR count). The van der Waals surface area contributed by atoms with Crippen LogP contribution in [0.4, 0.5) is 4.39 Å². The van der Waals surface area contributed by atoms with Gasteiger partial charge in [-0.1, -0.05) is 23.7 Å². The fourth-order valence-corrected chi connectivity index (χ4v) is 2.34. The monoisotopic (exact) mass is 305 g/mol. The molecule has 7 heteroatoms. The first-order valence-corrected chi connectivity index (χ1v) is 6.41. The number of aromatic amines is 1. The lowest BCUT2D eigenvalue weighted by atomic mass is 10.1. The number of aryl methyl sites for hydroxylation is 1. The highest BCUT2D eigenvalue weighted by molar-refractivity contribution is 6.33. The molecule has 0 spiro atoms. The minimum absolute atomic E-state index is 0.171. The fraction of sp³-hybridized carbons (Fsp3) is 0.0714. The molecule has 0 amide bonds. The molecule has 1 N–H and O–H groups in total. The minimum atomic E-state index is -0.792. The van der Waals surface area contributed by atoms with Crippen molar-refractivity contribution in [1.29, 1.82) is 0 Å². The lowest BCUT2D eigenvalue weighted by Crippen LogP contribution is -2.35. The van der Waals surface area contributed by atoms with Crippen LogP contribution in [0.2, 0.25) is 5.02 Å². The lowest BCUT2D eigenvalue weighted by Gasteiger charge is -2.09. The van der Waals surface area contributed by atoms with Gasteiger partial charge in [0.15, 0.2) is 5.65 Å². The van der Waals surface area contributed by atoms with E-state index >= 15 is 0 Å². The van der Waals surface area contributed by atoms with Gasteiger partial charge in [0.25, 0.3) is 0 Å². The minimum Gasteiger partial charge on any atom is -0.304 e. The molecule has 0 atom stereocenters. The predicted octanol–water partition coefficient (Wildman–Crippen LogP) is 2.08. The van der Waals surface area contributed by atoms with Gasteiger partial charge in [0.1, 0.15) is 5.82 Å². The summed E-state index contributed by atoms with van der Waals surface area (Å²) in [7, 11) is 1.45. The number of H-pyrrole nitrogens is 1. The standard InChI is InChI=1S/C14H9ClFN3O2/c1-19-10-6-8(15)11(7-4-2-3-5-9(7)16)17-12(10)18-13(20)14(19)21/h2-6H,1H3,(H,17,18,20). The highest BCUT2D eigenvalue weighted by Crippen LogP contribution is 2.29. The van der Waals surface area contributed by atoms with Crippen LogP contribution in [0.15, 0.2) is 39.9 Å². The number of nitrogens with one attached hydrogen (secondary N) is 1. The Kier molecular flexibility index (Phi) is 3.10. The molecular weight excluding hydrogens is 297 g/mol. The molecule has 0 aliphatic carbocycles. The molecule has 0 saturated heterocycles. The van der Waals surface area contributed by atoms with Crippen molar-refractivity contribution in [2.75, 3.05) is 0 Å². The van der Waals surface area contributed by atoms with Crippen molar-refractivity contribution >= 4 is 22.8 Å². The van der Waals surface area contributed by atoms with Crippen LogP contribution in [-0.4, -0.2) is 14.5 Å². The summed E-state index contributed by atoms with van der Waals surface area (Å²) in [5.41, 5.74) is -0.538. The maximum atomic E-state index is 13.9. The van der Waals surface area contributed by atoms with Crippen LogP contribution in [0.1, 0.15) is 0 Å². The number of fused-ring (bicyclic) bond motifs is 1. The van der Waals surface area contributed by atoms with Crippen LogP contribution >= 0.6 is 11.6 Å². The molecule has 2 aromatic heterocycles. The molecule has 21 heavy (non-hydrogen) atoms. The van der Waals surface area contributed by atoms with Crippen LogP contribution in [-0.2, 0) is 7.05 Å². The molecule has 0 bridgehead atoms. The summed E-state index contributed by atoms with van der Waals surface area (Å²) in [6.45, 7) is 0. The molecule has 5 nitrogen and oxygen atoms in total. The Hall–Kier alpha value is -2.47. The number of rotatable bonds is 1. The molecular formula is C14H9ClFN3O2. The summed E-state index contributed by atoms with van der Waals surface area (Å²) >= 11 is 6.14. The second-order valence-corrected chi connectivity index (χ2v) is 4.89. The quantitative estimate of drug-likeness (QED) is 0.700. The van der Waals surface area contributed by atoms with Crippen LogP contribution < -0.4 is 11.1 Å². The summed E-state index contributed by atoms with van der Waals surface area (Å²) in [4.78, 5) is 29.7. The summed E-state index contributed by atoms with van der Waals surface area (Å²) in [6.07, 6.45) is 0. The highest BCUT2D eigenvalue weighted by atomic mass is 35.5. The predicted molar refractivity (Wildman–Crippen MR) is 78.0 cm³/mol. The average Bonchev–Trinajstić information content (AvgIpc) is 2.46. The maximum absolute atomic E-state index is 13.9. The van der Waals surface area contributed by atoms with Crippen molar-refractivity contribution in [3.8, 4) is 11.3 Å².